The number of carbonyl (C=O) groups is 2. The Labute approximate surface area is 174 Å². The summed E-state index contributed by atoms with van der Waals surface area (Å²) in [6.07, 6.45) is 1.53. The number of methoxy groups -OCH3 is 3. The minimum Gasteiger partial charge on any atom is -0.493 e. The van der Waals surface area contributed by atoms with Crippen molar-refractivity contribution in [1.29, 1.82) is 5.26 Å². The zero-order valence-electron chi connectivity index (χ0n) is 17.4. The van der Waals surface area contributed by atoms with Gasteiger partial charge in [-0.1, -0.05) is 0 Å². The first-order valence-corrected chi connectivity index (χ1v) is 9.41. The fourth-order valence-electron chi connectivity index (χ4n) is 3.97. The second kappa shape index (κ2) is 8.37. The van der Waals surface area contributed by atoms with E-state index < -0.39 is 5.92 Å². The van der Waals surface area contributed by atoms with Crippen LogP contribution in [-0.4, -0.2) is 38.0 Å². The summed E-state index contributed by atoms with van der Waals surface area (Å²) in [7, 11) is 4.48. The molecule has 0 bridgehead atoms. The van der Waals surface area contributed by atoms with E-state index >= 15 is 0 Å². The van der Waals surface area contributed by atoms with Gasteiger partial charge in [-0.25, -0.2) is 5.01 Å². The van der Waals surface area contributed by atoms with Crippen molar-refractivity contribution in [2.45, 2.75) is 32.1 Å². The third-order valence-corrected chi connectivity index (χ3v) is 5.20. The van der Waals surface area contributed by atoms with Crippen molar-refractivity contribution in [1.82, 2.24) is 10.4 Å². The third-order valence-electron chi connectivity index (χ3n) is 5.20. The van der Waals surface area contributed by atoms with Gasteiger partial charge in [-0.15, -0.1) is 0 Å². The largest absolute Gasteiger partial charge is 0.493 e. The molecule has 1 aliphatic heterocycles. The number of carbonyl (C=O) groups excluding carboxylic acids is 2. The topological polar surface area (TPSA) is 127 Å². The number of hydrogen-bond donors (Lipinski definition) is 2. The van der Waals surface area contributed by atoms with Crippen LogP contribution in [0.1, 0.15) is 37.7 Å². The van der Waals surface area contributed by atoms with Gasteiger partial charge in [0.15, 0.2) is 17.3 Å². The molecule has 3 N–H and O–H groups in total. The molecular weight excluding hydrogens is 388 g/mol. The summed E-state index contributed by atoms with van der Waals surface area (Å²) < 4.78 is 16.3. The maximum absolute atomic E-state index is 13.0. The Hall–Kier alpha value is -3.67. The Morgan fingerprint density at radius 1 is 1.20 bits per heavy atom. The molecule has 2 aliphatic rings. The molecule has 0 saturated carbocycles. The highest BCUT2D eigenvalue weighted by Gasteiger charge is 2.41. The first-order valence-electron chi connectivity index (χ1n) is 9.41. The van der Waals surface area contributed by atoms with E-state index in [-0.39, 0.29) is 23.1 Å². The number of nitrogens with one attached hydrogen (secondary N) is 1. The van der Waals surface area contributed by atoms with Crippen LogP contribution >= 0.6 is 0 Å². The monoisotopic (exact) mass is 412 g/mol. The number of nitriles is 1. The van der Waals surface area contributed by atoms with E-state index in [9.17, 15) is 14.9 Å². The molecule has 0 spiro atoms. The molecular formula is C21H24N4O5. The number of rotatable bonds is 5. The van der Waals surface area contributed by atoms with E-state index in [4.69, 9.17) is 19.9 Å². The van der Waals surface area contributed by atoms with Crippen LogP contribution in [0.5, 0.6) is 17.2 Å². The molecule has 0 radical (unpaired) electrons. The summed E-state index contributed by atoms with van der Waals surface area (Å²) >= 11 is 0. The number of ether oxygens (including phenoxy) is 3. The molecule has 30 heavy (non-hydrogen) atoms. The number of hydrogen-bond acceptors (Lipinski definition) is 8. The smallest absolute Gasteiger partial charge is 0.235 e. The number of hydrazine groups is 1. The minimum atomic E-state index is -0.712. The molecule has 0 aromatic heterocycles. The van der Waals surface area contributed by atoms with Crippen molar-refractivity contribution in [2.24, 2.45) is 5.73 Å². The van der Waals surface area contributed by atoms with Crippen LogP contribution in [0.25, 0.3) is 0 Å². The Bertz CT molecular complexity index is 980. The molecule has 1 unspecified atom stereocenters. The van der Waals surface area contributed by atoms with Gasteiger partial charge in [0.25, 0.3) is 0 Å². The standard InChI is InChI=1S/C21H24N4O5/c1-11(26)24-25-14-6-5-7-15(27)19(14)18(13(10-22)21(25)23)12-8-16(28-2)20(30-4)17(9-12)29-3/h8-9,18H,5-7,23H2,1-4H3,(H,24,26). The molecule has 3 rings (SSSR count). The number of nitrogens with two attached hydrogens (primary N) is 1. The Balaban J connectivity index is 2.28. The van der Waals surface area contributed by atoms with Crippen molar-refractivity contribution < 1.29 is 23.8 Å². The van der Waals surface area contributed by atoms with Gasteiger partial charge in [0.1, 0.15) is 5.82 Å². The summed E-state index contributed by atoms with van der Waals surface area (Å²) in [6, 6.07) is 5.54. The zero-order valence-corrected chi connectivity index (χ0v) is 17.4. The number of Topliss-reactive ketones (excluding diaryl/α,β-unsaturated/α-hetero) is 1. The van der Waals surface area contributed by atoms with Gasteiger partial charge in [-0.2, -0.15) is 5.26 Å². The van der Waals surface area contributed by atoms with Gasteiger partial charge < -0.3 is 19.9 Å². The molecule has 1 heterocycles. The Kier molecular flexibility index (Phi) is 5.87. The predicted octanol–water partition coefficient (Wildman–Crippen LogP) is 1.86. The van der Waals surface area contributed by atoms with Crippen molar-refractivity contribution in [3.8, 4) is 23.3 Å². The highest BCUT2D eigenvalue weighted by Crippen LogP contribution is 2.48. The first-order chi connectivity index (χ1) is 14.4. The lowest BCUT2D eigenvalue weighted by atomic mass is 9.76. The molecule has 1 atom stereocenters. The van der Waals surface area contributed by atoms with Gasteiger partial charge in [-0.3, -0.25) is 15.0 Å². The van der Waals surface area contributed by atoms with Gasteiger partial charge in [0.05, 0.1) is 38.9 Å². The SMILES string of the molecule is COc1cc(C2C(C#N)=C(N)N(NC(C)=O)C3=C2C(=O)CCC3)cc(OC)c1OC. The normalized spacial score (nSPS) is 18.6. The van der Waals surface area contributed by atoms with Crippen LogP contribution in [0.15, 0.2) is 34.8 Å². The molecule has 0 fully saturated rings. The summed E-state index contributed by atoms with van der Waals surface area (Å²) in [4.78, 5) is 24.7. The molecule has 1 amide bonds. The Morgan fingerprint density at radius 2 is 1.83 bits per heavy atom. The maximum atomic E-state index is 13.0. The average Bonchev–Trinajstić information content (AvgIpc) is 2.74. The van der Waals surface area contributed by atoms with E-state index in [0.29, 0.717) is 53.3 Å². The quantitative estimate of drug-likeness (QED) is 0.750. The fourth-order valence-corrected chi connectivity index (χ4v) is 3.97. The van der Waals surface area contributed by atoms with E-state index in [1.54, 1.807) is 12.1 Å². The van der Waals surface area contributed by atoms with E-state index in [0.717, 1.165) is 0 Å². The van der Waals surface area contributed by atoms with E-state index in [1.807, 2.05) is 0 Å². The lowest BCUT2D eigenvalue weighted by Crippen LogP contribution is -2.47. The fraction of sp³-hybridized carbons (Fsp3) is 0.381. The second-order valence-electron chi connectivity index (χ2n) is 6.94. The van der Waals surface area contributed by atoms with Crippen molar-refractivity contribution in [3.05, 3.63) is 40.4 Å². The number of nitrogens with zero attached hydrogens (tertiary/aromatic N) is 2. The first kappa shape index (κ1) is 21.0. The van der Waals surface area contributed by atoms with Crippen molar-refractivity contribution in [3.63, 3.8) is 0 Å². The molecule has 9 heteroatoms. The minimum absolute atomic E-state index is 0.0832. The molecule has 1 aromatic rings. The number of amides is 1. The van der Waals surface area contributed by atoms with Crippen LogP contribution in [0, 0.1) is 11.3 Å². The van der Waals surface area contributed by atoms with E-state index in [2.05, 4.69) is 11.5 Å². The van der Waals surface area contributed by atoms with Crippen LogP contribution < -0.4 is 25.4 Å². The zero-order chi connectivity index (χ0) is 22.0. The summed E-state index contributed by atoms with van der Waals surface area (Å²) in [5, 5.41) is 11.3. The van der Waals surface area contributed by atoms with Gasteiger partial charge >= 0.3 is 0 Å². The average molecular weight is 412 g/mol. The summed E-state index contributed by atoms with van der Waals surface area (Å²) in [5.41, 5.74) is 10.7. The second-order valence-corrected chi connectivity index (χ2v) is 6.94. The van der Waals surface area contributed by atoms with Crippen LogP contribution in [0.3, 0.4) is 0 Å². The molecule has 1 aromatic carbocycles. The summed E-state index contributed by atoms with van der Waals surface area (Å²) in [6.45, 7) is 1.34. The maximum Gasteiger partial charge on any atom is 0.235 e. The molecule has 158 valence electrons. The van der Waals surface area contributed by atoms with Crippen LogP contribution in [0.4, 0.5) is 0 Å². The molecule has 0 saturated heterocycles. The van der Waals surface area contributed by atoms with Gasteiger partial charge in [0, 0.05) is 24.6 Å². The highest BCUT2D eigenvalue weighted by molar-refractivity contribution is 6.00. The highest BCUT2D eigenvalue weighted by atomic mass is 16.5. The van der Waals surface area contributed by atoms with Crippen molar-refractivity contribution in [2.75, 3.05) is 21.3 Å². The predicted molar refractivity (Wildman–Crippen MR) is 107 cm³/mol. The van der Waals surface area contributed by atoms with Gasteiger partial charge in [-0.05, 0) is 30.5 Å². The van der Waals surface area contributed by atoms with Gasteiger partial charge in [0.2, 0.25) is 11.7 Å². The van der Waals surface area contributed by atoms with Crippen LogP contribution in [-0.2, 0) is 9.59 Å². The Morgan fingerprint density at radius 3 is 2.33 bits per heavy atom. The molecule has 9 nitrogen and oxygen atoms in total. The number of allylic oxidation sites excluding steroid dienone is 3. The van der Waals surface area contributed by atoms with E-state index in [1.165, 1.54) is 33.3 Å². The molecule has 1 aliphatic carbocycles. The van der Waals surface area contributed by atoms with Crippen LogP contribution in [0.2, 0.25) is 0 Å². The number of benzene rings is 1. The lowest BCUT2D eigenvalue weighted by molar-refractivity contribution is -0.123. The number of ketones is 1. The third kappa shape index (κ3) is 3.41. The lowest BCUT2D eigenvalue weighted by Gasteiger charge is -2.39. The van der Waals surface area contributed by atoms with Crippen molar-refractivity contribution >= 4 is 11.7 Å². The summed E-state index contributed by atoms with van der Waals surface area (Å²) in [5.74, 6) is 0.127.